The maximum atomic E-state index is 12.2. The highest BCUT2D eigenvalue weighted by molar-refractivity contribution is 6.31. The Bertz CT molecular complexity index is 719. The molecule has 0 saturated carbocycles. The van der Waals surface area contributed by atoms with Gasteiger partial charge in [0.2, 0.25) is 0 Å². The third kappa shape index (κ3) is 4.89. The molecule has 0 aliphatic rings. The van der Waals surface area contributed by atoms with Crippen LogP contribution in [0.4, 0.5) is 21.0 Å². The van der Waals surface area contributed by atoms with Crippen molar-refractivity contribution in [3.05, 3.63) is 59.1 Å². The van der Waals surface area contributed by atoms with Crippen LogP contribution in [-0.2, 0) is 11.3 Å². The number of urea groups is 1. The number of nitrogens with one attached hydrogen (secondary N) is 2. The van der Waals surface area contributed by atoms with E-state index in [0.717, 1.165) is 5.56 Å². The number of hydrogen-bond donors (Lipinski definition) is 2. The van der Waals surface area contributed by atoms with Gasteiger partial charge in [-0.05, 0) is 35.9 Å². The number of amides is 3. The minimum Gasteiger partial charge on any atom is -0.453 e. The molecule has 2 rings (SSSR count). The predicted molar refractivity (Wildman–Crippen MR) is 94.4 cm³/mol. The first kappa shape index (κ1) is 17.6. The number of hydrogen-bond acceptors (Lipinski definition) is 3. The van der Waals surface area contributed by atoms with E-state index in [-0.39, 0.29) is 6.03 Å². The van der Waals surface area contributed by atoms with E-state index in [2.05, 4.69) is 15.4 Å². The molecule has 2 aromatic carbocycles. The van der Waals surface area contributed by atoms with E-state index in [9.17, 15) is 9.59 Å². The molecule has 24 heavy (non-hydrogen) atoms. The van der Waals surface area contributed by atoms with Gasteiger partial charge in [0.15, 0.2) is 0 Å². The summed E-state index contributed by atoms with van der Waals surface area (Å²) in [4.78, 5) is 24.9. The molecule has 0 fully saturated rings. The second kappa shape index (κ2) is 8.21. The Labute approximate surface area is 145 Å². The van der Waals surface area contributed by atoms with Crippen LogP contribution in [0.1, 0.15) is 5.56 Å². The van der Waals surface area contributed by atoms with Crippen LogP contribution in [0.25, 0.3) is 0 Å². The first-order valence-corrected chi connectivity index (χ1v) is 7.58. The topological polar surface area (TPSA) is 70.7 Å². The van der Waals surface area contributed by atoms with Gasteiger partial charge in [-0.2, -0.15) is 0 Å². The van der Waals surface area contributed by atoms with Crippen LogP contribution >= 0.6 is 11.6 Å². The Morgan fingerprint density at radius 2 is 1.62 bits per heavy atom. The Hall–Kier alpha value is -2.73. The summed E-state index contributed by atoms with van der Waals surface area (Å²) in [6.45, 7) is 0.396. The lowest BCUT2D eigenvalue weighted by molar-refractivity contribution is 0.187. The Balaban J connectivity index is 1.94. The molecule has 0 atom stereocenters. The van der Waals surface area contributed by atoms with Crippen molar-refractivity contribution < 1.29 is 14.3 Å². The number of anilines is 2. The van der Waals surface area contributed by atoms with Gasteiger partial charge in [-0.1, -0.05) is 29.8 Å². The van der Waals surface area contributed by atoms with E-state index in [0.29, 0.717) is 22.9 Å². The van der Waals surface area contributed by atoms with Gasteiger partial charge in [0.05, 0.1) is 7.11 Å². The monoisotopic (exact) mass is 347 g/mol. The number of rotatable bonds is 4. The van der Waals surface area contributed by atoms with Crippen molar-refractivity contribution in [2.75, 3.05) is 24.8 Å². The zero-order valence-corrected chi connectivity index (χ0v) is 14.1. The van der Waals surface area contributed by atoms with Crippen molar-refractivity contribution in [2.45, 2.75) is 6.54 Å². The van der Waals surface area contributed by atoms with Crippen LogP contribution in [0, 0.1) is 0 Å². The molecular formula is C17H18ClN3O3. The van der Waals surface area contributed by atoms with Crippen molar-refractivity contribution in [2.24, 2.45) is 0 Å². The van der Waals surface area contributed by atoms with E-state index in [1.807, 2.05) is 18.2 Å². The second-order valence-corrected chi connectivity index (χ2v) is 5.48. The molecule has 0 saturated heterocycles. The fourth-order valence-corrected chi connectivity index (χ4v) is 2.17. The number of halogens is 1. The van der Waals surface area contributed by atoms with Gasteiger partial charge in [0.25, 0.3) is 0 Å². The second-order valence-electron chi connectivity index (χ2n) is 5.07. The van der Waals surface area contributed by atoms with Gasteiger partial charge in [-0.15, -0.1) is 0 Å². The highest BCUT2D eigenvalue weighted by atomic mass is 35.5. The normalized spacial score (nSPS) is 9.96. The summed E-state index contributed by atoms with van der Waals surface area (Å²) in [5, 5.41) is 5.93. The lowest BCUT2D eigenvalue weighted by Gasteiger charge is -2.19. The van der Waals surface area contributed by atoms with E-state index in [4.69, 9.17) is 11.6 Å². The maximum Gasteiger partial charge on any atom is 0.411 e. The zero-order chi connectivity index (χ0) is 17.5. The van der Waals surface area contributed by atoms with E-state index >= 15 is 0 Å². The van der Waals surface area contributed by atoms with Crippen LogP contribution in [0.15, 0.2) is 48.5 Å². The third-order valence-electron chi connectivity index (χ3n) is 3.28. The van der Waals surface area contributed by atoms with Crippen molar-refractivity contribution in [3.8, 4) is 0 Å². The SMILES string of the molecule is COC(=O)Nc1ccc(NC(=O)N(C)Cc2ccccc2Cl)cc1. The standard InChI is InChI=1S/C17H18ClN3O3/c1-21(11-12-5-3-4-6-15(12)18)16(22)19-13-7-9-14(10-8-13)20-17(23)24-2/h3-10H,11H2,1-2H3,(H,19,22)(H,20,23). The lowest BCUT2D eigenvalue weighted by Crippen LogP contribution is -2.30. The van der Waals surface area contributed by atoms with Crippen molar-refractivity contribution in [1.82, 2.24) is 4.90 Å². The number of carbonyl (C=O) groups excluding carboxylic acids is 2. The summed E-state index contributed by atoms with van der Waals surface area (Å²) in [5.41, 5.74) is 2.06. The first-order valence-electron chi connectivity index (χ1n) is 7.20. The van der Waals surface area contributed by atoms with E-state index in [1.165, 1.54) is 12.0 Å². The van der Waals surface area contributed by atoms with E-state index < -0.39 is 6.09 Å². The van der Waals surface area contributed by atoms with Gasteiger partial charge in [0.1, 0.15) is 0 Å². The summed E-state index contributed by atoms with van der Waals surface area (Å²) in [7, 11) is 2.98. The minimum absolute atomic E-state index is 0.261. The molecule has 0 aliphatic heterocycles. The van der Waals surface area contributed by atoms with Crippen molar-refractivity contribution in [3.63, 3.8) is 0 Å². The zero-order valence-electron chi connectivity index (χ0n) is 13.4. The highest BCUT2D eigenvalue weighted by Gasteiger charge is 2.11. The molecule has 3 amide bonds. The summed E-state index contributed by atoms with van der Waals surface area (Å²) >= 11 is 6.10. The number of carbonyl (C=O) groups is 2. The lowest BCUT2D eigenvalue weighted by atomic mass is 10.2. The fraction of sp³-hybridized carbons (Fsp3) is 0.176. The average molecular weight is 348 g/mol. The summed E-state index contributed by atoms with van der Waals surface area (Å²) in [6, 6.07) is 13.8. The molecule has 0 spiro atoms. The van der Waals surface area contributed by atoms with E-state index in [1.54, 1.807) is 37.4 Å². The molecule has 7 heteroatoms. The molecule has 2 N–H and O–H groups in total. The van der Waals surface area contributed by atoms with Crippen LogP contribution in [0.5, 0.6) is 0 Å². The number of ether oxygens (including phenoxy) is 1. The highest BCUT2D eigenvalue weighted by Crippen LogP contribution is 2.18. The van der Waals surface area contributed by atoms with Crippen LogP contribution < -0.4 is 10.6 Å². The minimum atomic E-state index is -0.550. The average Bonchev–Trinajstić information content (AvgIpc) is 2.58. The molecule has 0 unspecified atom stereocenters. The van der Waals surface area contributed by atoms with Gasteiger partial charge in [0, 0.05) is 30.0 Å². The van der Waals surface area contributed by atoms with Crippen LogP contribution in [0.2, 0.25) is 5.02 Å². The quantitative estimate of drug-likeness (QED) is 0.871. The summed E-state index contributed by atoms with van der Waals surface area (Å²) < 4.78 is 4.51. The molecule has 0 bridgehead atoms. The molecule has 2 aromatic rings. The van der Waals surface area contributed by atoms with Gasteiger partial charge < -0.3 is 15.0 Å². The van der Waals surface area contributed by atoms with Gasteiger partial charge in [-0.25, -0.2) is 9.59 Å². The molecule has 0 radical (unpaired) electrons. The number of nitrogens with zero attached hydrogens (tertiary/aromatic N) is 1. The largest absolute Gasteiger partial charge is 0.453 e. The molecule has 0 aliphatic carbocycles. The predicted octanol–water partition coefficient (Wildman–Crippen LogP) is 4.18. The molecule has 6 nitrogen and oxygen atoms in total. The Morgan fingerprint density at radius 1 is 1.04 bits per heavy atom. The van der Waals surface area contributed by atoms with Crippen molar-refractivity contribution >= 4 is 35.1 Å². The Kier molecular flexibility index (Phi) is 6.03. The van der Waals surface area contributed by atoms with Crippen molar-refractivity contribution in [1.29, 1.82) is 0 Å². The number of methoxy groups -OCH3 is 1. The number of benzene rings is 2. The van der Waals surface area contributed by atoms with Crippen LogP contribution in [-0.4, -0.2) is 31.2 Å². The maximum absolute atomic E-state index is 12.2. The molecule has 126 valence electrons. The smallest absolute Gasteiger partial charge is 0.411 e. The summed E-state index contributed by atoms with van der Waals surface area (Å²) in [6.07, 6.45) is -0.550. The van der Waals surface area contributed by atoms with Gasteiger partial charge >= 0.3 is 12.1 Å². The molecular weight excluding hydrogens is 330 g/mol. The Morgan fingerprint density at radius 3 is 2.21 bits per heavy atom. The van der Waals surface area contributed by atoms with Crippen LogP contribution in [0.3, 0.4) is 0 Å². The third-order valence-corrected chi connectivity index (χ3v) is 3.65. The molecule has 0 aromatic heterocycles. The summed E-state index contributed by atoms with van der Waals surface area (Å²) in [5.74, 6) is 0. The fourth-order valence-electron chi connectivity index (χ4n) is 1.98. The van der Waals surface area contributed by atoms with Gasteiger partial charge in [-0.3, -0.25) is 5.32 Å². The first-order chi connectivity index (χ1) is 11.5. The molecule has 0 heterocycles.